The third kappa shape index (κ3) is 6.43. The summed E-state index contributed by atoms with van der Waals surface area (Å²) in [7, 11) is -0.495. The van der Waals surface area contributed by atoms with Crippen LogP contribution < -0.4 is 0 Å². The lowest BCUT2D eigenvalue weighted by atomic mass is 11.9. The summed E-state index contributed by atoms with van der Waals surface area (Å²) in [6.07, 6.45) is 7.31. The lowest BCUT2D eigenvalue weighted by Gasteiger charge is -2.05. The van der Waals surface area contributed by atoms with E-state index in [1.54, 1.807) is 0 Å². The summed E-state index contributed by atoms with van der Waals surface area (Å²) in [4.78, 5) is 0. The van der Waals surface area contributed by atoms with Crippen LogP contribution in [0.5, 0.6) is 0 Å². The first-order valence-corrected chi connectivity index (χ1v) is 5.68. The van der Waals surface area contributed by atoms with Crippen LogP contribution in [0.1, 0.15) is 0 Å². The van der Waals surface area contributed by atoms with Gasteiger partial charge in [-0.2, -0.15) is 0 Å². The van der Waals surface area contributed by atoms with Crippen LogP contribution in [0.25, 0.3) is 0 Å². The van der Waals surface area contributed by atoms with Crippen molar-refractivity contribution in [1.29, 1.82) is 0 Å². The molecular formula is C4H10OP2. The van der Waals surface area contributed by atoms with Gasteiger partial charge < -0.3 is 4.31 Å². The highest BCUT2D eigenvalue weighted by Crippen LogP contribution is 2.40. The molecule has 1 nitrogen and oxygen atoms in total. The predicted octanol–water partition coefficient (Wildman–Crippen LogP) is 1.92. The van der Waals surface area contributed by atoms with Crippen molar-refractivity contribution in [1.82, 2.24) is 0 Å². The fraction of sp³-hybridized carbons (Fsp3) is 0.500. The van der Waals surface area contributed by atoms with Crippen LogP contribution in [0.3, 0.4) is 0 Å². The van der Waals surface area contributed by atoms with E-state index in [4.69, 9.17) is 4.31 Å². The van der Waals surface area contributed by atoms with E-state index in [9.17, 15) is 0 Å². The van der Waals surface area contributed by atoms with Gasteiger partial charge in [0.05, 0.1) is 8.43 Å². The molecule has 0 aromatic carbocycles. The molecule has 0 aromatic heterocycles. The normalized spacial score (nSPS) is 12.3. The maximum absolute atomic E-state index is 5.09. The summed E-state index contributed by atoms with van der Waals surface area (Å²) in [6, 6.07) is 0. The molecule has 0 saturated carbocycles. The van der Waals surface area contributed by atoms with Crippen molar-refractivity contribution in [3.8, 4) is 0 Å². The van der Waals surface area contributed by atoms with Crippen molar-refractivity contribution in [3.05, 3.63) is 0 Å². The van der Waals surface area contributed by atoms with Crippen molar-refractivity contribution in [3.63, 3.8) is 0 Å². The van der Waals surface area contributed by atoms with Crippen LogP contribution in [0, 0.1) is 0 Å². The monoisotopic (exact) mass is 136 g/mol. The summed E-state index contributed by atoms with van der Waals surface area (Å²) in [5.74, 6) is 0. The molecule has 0 heterocycles. The summed E-state index contributed by atoms with van der Waals surface area (Å²) in [5.41, 5.74) is 0. The molecule has 0 unspecified atom stereocenters. The Morgan fingerprint density at radius 2 is 2.00 bits per heavy atom. The molecule has 3 heteroatoms. The fourth-order valence-corrected chi connectivity index (χ4v) is 1.41. The van der Waals surface area contributed by atoms with Gasteiger partial charge in [-0.3, -0.25) is 0 Å². The minimum atomic E-state index is -1.24. The largest absolute Gasteiger partial charge is 0.309 e. The molecular weight excluding hydrogens is 126 g/mol. The third-order valence-corrected chi connectivity index (χ3v) is 2.51. The molecule has 0 spiro atoms. The zero-order valence-corrected chi connectivity index (χ0v) is 6.51. The predicted molar refractivity (Wildman–Crippen MR) is 41.0 cm³/mol. The van der Waals surface area contributed by atoms with Gasteiger partial charge in [0.1, 0.15) is 0 Å². The van der Waals surface area contributed by atoms with E-state index >= 15 is 0 Å². The van der Waals surface area contributed by atoms with E-state index in [-0.39, 0.29) is 0 Å². The topological polar surface area (TPSA) is 9.23 Å². The van der Waals surface area contributed by atoms with Crippen LogP contribution in [-0.2, 0) is 4.31 Å². The zero-order valence-electron chi connectivity index (χ0n) is 4.72. The van der Waals surface area contributed by atoms with Crippen molar-refractivity contribution < 1.29 is 4.31 Å². The molecule has 0 aliphatic rings. The van der Waals surface area contributed by atoms with E-state index in [0.717, 1.165) is 8.43 Å². The van der Waals surface area contributed by atoms with Crippen LogP contribution in [-0.4, -0.2) is 25.9 Å². The van der Waals surface area contributed by atoms with E-state index in [2.05, 4.69) is 12.6 Å². The highest BCUT2D eigenvalue weighted by atomic mass is 31.2. The molecule has 0 N–H and O–H groups in total. The first-order chi connectivity index (χ1) is 3.06. The number of hydrogen-bond donors (Lipinski definition) is 0. The molecule has 0 aliphatic carbocycles. The Kier molecular flexibility index (Phi) is 2.83. The van der Waals surface area contributed by atoms with Crippen molar-refractivity contribution in [2.75, 3.05) is 13.3 Å². The van der Waals surface area contributed by atoms with E-state index in [0.29, 0.717) is 0 Å². The van der Waals surface area contributed by atoms with Gasteiger partial charge in [-0.1, -0.05) is 6.30 Å². The molecule has 0 rings (SSSR count). The first kappa shape index (κ1) is 7.43. The van der Waals surface area contributed by atoms with Crippen molar-refractivity contribution in [2.24, 2.45) is 0 Å². The highest BCUT2D eigenvalue weighted by Gasteiger charge is 1.92. The maximum Gasteiger partial charge on any atom is 0.0524 e. The third-order valence-electron chi connectivity index (χ3n) is 0.279. The highest BCUT2D eigenvalue weighted by molar-refractivity contribution is 7.71. The van der Waals surface area contributed by atoms with Crippen LogP contribution in [0.4, 0.5) is 0 Å². The fourth-order valence-electron chi connectivity index (χ4n) is 0.156. The van der Waals surface area contributed by atoms with E-state index in [1.807, 2.05) is 13.3 Å². The van der Waals surface area contributed by atoms with Crippen LogP contribution in [0.2, 0.25) is 0 Å². The standard InChI is InChI=1S/C4H10OP2/c1-6-5-7(2,3)4/h1-2H2,3-4H3. The Morgan fingerprint density at radius 3 is 2.00 bits per heavy atom. The maximum atomic E-state index is 5.09. The lowest BCUT2D eigenvalue weighted by Crippen LogP contribution is -1.69. The summed E-state index contributed by atoms with van der Waals surface area (Å²) in [6.45, 7) is 4.01. The van der Waals surface area contributed by atoms with E-state index < -0.39 is 7.11 Å². The van der Waals surface area contributed by atoms with Gasteiger partial charge in [-0.15, -0.1) is 0 Å². The molecule has 0 saturated heterocycles. The summed E-state index contributed by atoms with van der Waals surface area (Å²) < 4.78 is 5.09. The molecule has 0 aliphatic heterocycles. The van der Waals surface area contributed by atoms with Gasteiger partial charge in [-0.05, 0) is 19.6 Å². The average Bonchev–Trinajstić information content (AvgIpc) is 1.30. The smallest absolute Gasteiger partial charge is 0.0524 e. The molecule has 7 heavy (non-hydrogen) atoms. The SMILES string of the molecule is C=POP(=C)(C)C. The first-order valence-electron chi connectivity index (χ1n) is 1.89. The quantitative estimate of drug-likeness (QED) is 0.527. The molecule has 0 aromatic rings. The summed E-state index contributed by atoms with van der Waals surface area (Å²) in [5, 5.41) is 0. The van der Waals surface area contributed by atoms with Gasteiger partial charge in [0.15, 0.2) is 0 Å². The molecule has 42 valence electrons. The second kappa shape index (κ2) is 2.67. The Bertz CT molecular complexity index is 102. The molecule has 0 atom stereocenters. The number of rotatable bonds is 2. The Hall–Kier alpha value is 0.430. The minimum Gasteiger partial charge on any atom is -0.309 e. The van der Waals surface area contributed by atoms with Gasteiger partial charge in [0, 0.05) is 7.11 Å². The van der Waals surface area contributed by atoms with Gasteiger partial charge >= 0.3 is 0 Å². The van der Waals surface area contributed by atoms with Crippen LogP contribution >= 0.6 is 15.5 Å². The average molecular weight is 136 g/mol. The zero-order chi connectivity index (χ0) is 5.91. The second-order valence-corrected chi connectivity index (χ2v) is 5.84. The van der Waals surface area contributed by atoms with Crippen molar-refractivity contribution >= 4 is 28.1 Å². The minimum absolute atomic E-state index is 0.746. The second-order valence-electron chi connectivity index (χ2n) is 1.78. The van der Waals surface area contributed by atoms with Gasteiger partial charge in [0.2, 0.25) is 0 Å². The lowest BCUT2D eigenvalue weighted by molar-refractivity contribution is 0.725. The molecule has 0 fully saturated rings. The Balaban J connectivity index is 3.57. The molecule has 0 amide bonds. The Morgan fingerprint density at radius 1 is 1.57 bits per heavy atom. The van der Waals surface area contributed by atoms with Gasteiger partial charge in [0.25, 0.3) is 0 Å². The number of hydrogen-bond acceptors (Lipinski definition) is 1. The van der Waals surface area contributed by atoms with Gasteiger partial charge in [-0.25, -0.2) is 0 Å². The molecule has 0 radical (unpaired) electrons. The Labute approximate surface area is 46.6 Å². The van der Waals surface area contributed by atoms with E-state index in [1.165, 1.54) is 0 Å². The summed E-state index contributed by atoms with van der Waals surface area (Å²) >= 11 is 0. The van der Waals surface area contributed by atoms with Crippen LogP contribution in [0.15, 0.2) is 0 Å². The van der Waals surface area contributed by atoms with Crippen molar-refractivity contribution in [2.45, 2.75) is 0 Å². The molecule has 0 bridgehead atoms.